The molecule has 0 spiro atoms. The summed E-state index contributed by atoms with van der Waals surface area (Å²) >= 11 is 5.89. The lowest BCUT2D eigenvalue weighted by Gasteiger charge is -2.07. The van der Waals surface area contributed by atoms with Gasteiger partial charge in [-0.25, -0.2) is 4.98 Å². The van der Waals surface area contributed by atoms with Crippen molar-refractivity contribution in [3.8, 4) is 12.1 Å². The zero-order valence-electron chi connectivity index (χ0n) is 10.0. The summed E-state index contributed by atoms with van der Waals surface area (Å²) in [5.74, 6) is -0.180. The Labute approximate surface area is 113 Å². The van der Waals surface area contributed by atoms with E-state index in [1.807, 2.05) is 6.07 Å². The maximum Gasteiger partial charge on any atom is 0.296 e. The largest absolute Gasteiger partial charge is 0.480 e. The summed E-state index contributed by atoms with van der Waals surface area (Å²) < 4.78 is 1.39. The van der Waals surface area contributed by atoms with Gasteiger partial charge < -0.3 is 10.4 Å². The predicted octanol–water partition coefficient (Wildman–Crippen LogP) is 0.798. The van der Waals surface area contributed by atoms with Gasteiger partial charge in [0.25, 0.3) is 6.01 Å². The third-order valence-corrected chi connectivity index (χ3v) is 2.81. The van der Waals surface area contributed by atoms with Crippen molar-refractivity contribution < 1.29 is 9.90 Å². The number of hydrogen-bond donors (Lipinski definition) is 2. The summed E-state index contributed by atoms with van der Waals surface area (Å²) in [5, 5.41) is 21.6. The van der Waals surface area contributed by atoms with Crippen molar-refractivity contribution in [3.63, 3.8) is 0 Å². The van der Waals surface area contributed by atoms with Crippen molar-refractivity contribution in [1.82, 2.24) is 19.9 Å². The molecule has 0 bridgehead atoms. The van der Waals surface area contributed by atoms with E-state index in [0.29, 0.717) is 12.1 Å². The van der Waals surface area contributed by atoms with Gasteiger partial charge >= 0.3 is 0 Å². The Bertz CT molecular complexity index is 688. The second kappa shape index (κ2) is 5.12. The van der Waals surface area contributed by atoms with Crippen LogP contribution in [0.5, 0.6) is 6.01 Å². The van der Waals surface area contributed by atoms with Gasteiger partial charge in [-0.15, -0.1) is 0 Å². The summed E-state index contributed by atoms with van der Waals surface area (Å²) in [5.41, 5.74) is 0.793. The molecule has 2 aromatic heterocycles. The number of amides is 1. The number of pyridine rings is 1. The predicted molar refractivity (Wildman–Crippen MR) is 67.6 cm³/mol. The topological polar surface area (TPSA) is 104 Å². The highest BCUT2D eigenvalue weighted by molar-refractivity contribution is 6.32. The molecule has 98 valence electrons. The number of nitrogens with zero attached hydrogens (tertiary/aromatic N) is 4. The van der Waals surface area contributed by atoms with Crippen molar-refractivity contribution in [3.05, 3.63) is 16.8 Å². The maximum absolute atomic E-state index is 10.8. The Morgan fingerprint density at radius 1 is 1.68 bits per heavy atom. The number of aromatic nitrogens is 3. The van der Waals surface area contributed by atoms with Crippen LogP contribution in [0.2, 0.25) is 5.02 Å². The number of aromatic hydroxyl groups is 1. The normalized spacial score (nSPS) is 10.4. The fourth-order valence-electron chi connectivity index (χ4n) is 1.72. The van der Waals surface area contributed by atoms with Gasteiger partial charge in [-0.1, -0.05) is 11.6 Å². The number of halogens is 1. The molecule has 2 N–H and O–H groups in total. The SMILES string of the molecule is CC(=O)NCCn1c(O)nc2ncc(Cl)c(C#N)c21. The zero-order chi connectivity index (χ0) is 14.0. The summed E-state index contributed by atoms with van der Waals surface area (Å²) in [4.78, 5) is 18.6. The Hall–Kier alpha value is -2.33. The zero-order valence-corrected chi connectivity index (χ0v) is 10.8. The van der Waals surface area contributed by atoms with Crippen LogP contribution in [-0.4, -0.2) is 32.1 Å². The van der Waals surface area contributed by atoms with E-state index >= 15 is 0 Å². The molecule has 19 heavy (non-hydrogen) atoms. The molecule has 2 rings (SSSR count). The van der Waals surface area contributed by atoms with Crippen molar-refractivity contribution in [2.45, 2.75) is 13.5 Å². The third kappa shape index (κ3) is 2.44. The average Bonchev–Trinajstić information content (AvgIpc) is 2.66. The van der Waals surface area contributed by atoms with Crippen molar-refractivity contribution in [2.75, 3.05) is 6.54 Å². The van der Waals surface area contributed by atoms with Crippen molar-refractivity contribution in [2.24, 2.45) is 0 Å². The molecule has 1 amide bonds. The number of imidazole rings is 1. The Morgan fingerprint density at radius 3 is 3.05 bits per heavy atom. The van der Waals surface area contributed by atoms with Crippen LogP contribution in [0.1, 0.15) is 12.5 Å². The molecule has 0 saturated carbocycles. The van der Waals surface area contributed by atoms with Crippen LogP contribution < -0.4 is 5.32 Å². The summed E-state index contributed by atoms with van der Waals surface area (Å²) in [6, 6.07) is 1.69. The molecule has 0 aromatic carbocycles. The van der Waals surface area contributed by atoms with Crippen molar-refractivity contribution in [1.29, 1.82) is 5.26 Å². The van der Waals surface area contributed by atoms with Crippen molar-refractivity contribution >= 4 is 28.7 Å². The molecule has 0 atom stereocenters. The van der Waals surface area contributed by atoms with Gasteiger partial charge in [-0.2, -0.15) is 10.2 Å². The smallest absolute Gasteiger partial charge is 0.296 e. The maximum atomic E-state index is 10.8. The van der Waals surface area contributed by atoms with E-state index in [9.17, 15) is 9.90 Å². The molecule has 2 heterocycles. The standard InChI is InChI=1S/C11H10ClN5O2/c1-6(18)14-2-3-17-9-7(4-13)8(12)5-15-10(9)16-11(17)19/h5H,2-3H2,1H3,(H,14,18)(H,15,16,19). The van der Waals surface area contributed by atoms with E-state index in [1.54, 1.807) is 0 Å². The quantitative estimate of drug-likeness (QED) is 0.865. The van der Waals surface area contributed by atoms with Crippen LogP contribution in [0.4, 0.5) is 0 Å². The van der Waals surface area contributed by atoms with Gasteiger partial charge in [-0.05, 0) is 0 Å². The Balaban J connectivity index is 2.48. The molecule has 0 aliphatic rings. The van der Waals surface area contributed by atoms with E-state index in [0.717, 1.165) is 0 Å². The fraction of sp³-hybridized carbons (Fsp3) is 0.273. The lowest BCUT2D eigenvalue weighted by molar-refractivity contribution is -0.118. The number of nitrogens with one attached hydrogen (secondary N) is 1. The van der Waals surface area contributed by atoms with Crippen LogP contribution in [0.3, 0.4) is 0 Å². The molecular formula is C11H10ClN5O2. The number of carbonyl (C=O) groups is 1. The first-order chi connectivity index (χ1) is 9.04. The molecule has 8 heteroatoms. The molecule has 7 nitrogen and oxygen atoms in total. The molecule has 0 saturated heterocycles. The van der Waals surface area contributed by atoms with E-state index in [4.69, 9.17) is 16.9 Å². The van der Waals surface area contributed by atoms with Gasteiger partial charge in [0.15, 0.2) is 5.65 Å². The van der Waals surface area contributed by atoms with Gasteiger partial charge in [0.05, 0.1) is 10.6 Å². The lowest BCUT2D eigenvalue weighted by Crippen LogP contribution is -2.24. The van der Waals surface area contributed by atoms with Crippen LogP contribution >= 0.6 is 11.6 Å². The minimum absolute atomic E-state index is 0.180. The average molecular weight is 280 g/mol. The van der Waals surface area contributed by atoms with E-state index in [1.165, 1.54) is 17.7 Å². The Morgan fingerprint density at radius 2 is 2.42 bits per heavy atom. The van der Waals surface area contributed by atoms with Crippen LogP contribution in [0.15, 0.2) is 6.20 Å². The number of carbonyl (C=O) groups excluding carboxylic acids is 1. The van der Waals surface area contributed by atoms with Crippen LogP contribution in [0.25, 0.3) is 11.2 Å². The van der Waals surface area contributed by atoms with E-state index in [-0.39, 0.29) is 34.7 Å². The first kappa shape index (κ1) is 13.1. The molecule has 0 fully saturated rings. The highest BCUT2D eigenvalue weighted by Crippen LogP contribution is 2.26. The summed E-state index contributed by atoms with van der Waals surface area (Å²) in [7, 11) is 0. The molecule has 0 aliphatic heterocycles. The molecule has 2 aromatic rings. The number of rotatable bonds is 3. The second-order valence-electron chi connectivity index (χ2n) is 3.81. The molecule has 0 aliphatic carbocycles. The second-order valence-corrected chi connectivity index (χ2v) is 4.22. The number of nitriles is 1. The highest BCUT2D eigenvalue weighted by atomic mass is 35.5. The Kier molecular flexibility index (Phi) is 3.53. The fourth-order valence-corrected chi connectivity index (χ4v) is 1.90. The van der Waals surface area contributed by atoms with Gasteiger partial charge in [-0.3, -0.25) is 9.36 Å². The monoisotopic (exact) mass is 279 g/mol. The van der Waals surface area contributed by atoms with Crippen LogP contribution in [-0.2, 0) is 11.3 Å². The van der Waals surface area contributed by atoms with Crippen LogP contribution in [0, 0.1) is 11.3 Å². The third-order valence-electron chi connectivity index (χ3n) is 2.53. The molecule has 0 radical (unpaired) electrons. The first-order valence-electron chi connectivity index (χ1n) is 5.43. The lowest BCUT2D eigenvalue weighted by atomic mass is 10.2. The number of hydrogen-bond acceptors (Lipinski definition) is 5. The minimum atomic E-state index is -0.272. The molecular weight excluding hydrogens is 270 g/mol. The van der Waals surface area contributed by atoms with E-state index in [2.05, 4.69) is 15.3 Å². The summed E-state index contributed by atoms with van der Waals surface area (Å²) in [6.45, 7) is 1.95. The summed E-state index contributed by atoms with van der Waals surface area (Å²) in [6.07, 6.45) is 1.31. The van der Waals surface area contributed by atoms with Gasteiger partial charge in [0, 0.05) is 26.2 Å². The minimum Gasteiger partial charge on any atom is -0.480 e. The first-order valence-corrected chi connectivity index (χ1v) is 5.80. The number of fused-ring (bicyclic) bond motifs is 1. The molecule has 0 unspecified atom stereocenters. The van der Waals surface area contributed by atoms with Gasteiger partial charge in [0.1, 0.15) is 11.6 Å². The highest BCUT2D eigenvalue weighted by Gasteiger charge is 2.17. The van der Waals surface area contributed by atoms with E-state index < -0.39 is 0 Å². The van der Waals surface area contributed by atoms with Gasteiger partial charge in [0.2, 0.25) is 5.91 Å².